The lowest BCUT2D eigenvalue weighted by Gasteiger charge is -2.45. The van der Waals surface area contributed by atoms with Crippen LogP contribution in [0.1, 0.15) is 78.0 Å². The summed E-state index contributed by atoms with van der Waals surface area (Å²) >= 11 is 0. The number of rotatable bonds is 7. The molecule has 10 heteroatoms. The van der Waals surface area contributed by atoms with Crippen LogP contribution >= 0.6 is 0 Å². The van der Waals surface area contributed by atoms with Crippen LogP contribution in [0.4, 0.5) is 0 Å². The summed E-state index contributed by atoms with van der Waals surface area (Å²) in [6.45, 7) is 12.2. The highest BCUT2D eigenvalue weighted by atomic mass is 16.6. The van der Waals surface area contributed by atoms with Gasteiger partial charge in [-0.05, 0) is 56.6 Å². The molecule has 2 aromatic rings. The minimum atomic E-state index is -1.52. The molecule has 3 amide bonds. The number of nitrogens with zero attached hydrogens (tertiary/aromatic N) is 3. The molecule has 0 radical (unpaired) electrons. The van der Waals surface area contributed by atoms with Crippen LogP contribution in [-0.4, -0.2) is 99.1 Å². The molecule has 4 heterocycles. The minimum absolute atomic E-state index is 0.0892. The molecule has 0 saturated carbocycles. The van der Waals surface area contributed by atoms with Crippen LogP contribution in [0.25, 0.3) is 0 Å². The van der Waals surface area contributed by atoms with E-state index in [9.17, 15) is 14.7 Å². The summed E-state index contributed by atoms with van der Waals surface area (Å²) in [6, 6.07) is 16.4. The van der Waals surface area contributed by atoms with Crippen LogP contribution in [0, 0.1) is 17.3 Å². The van der Waals surface area contributed by atoms with Crippen molar-refractivity contribution in [1.82, 2.24) is 14.7 Å². The third-order valence-electron chi connectivity index (χ3n) is 11.5. The third kappa shape index (κ3) is 7.32. The van der Waals surface area contributed by atoms with E-state index in [0.29, 0.717) is 31.4 Å². The van der Waals surface area contributed by atoms with Gasteiger partial charge < -0.3 is 29.3 Å². The molecule has 1 N–H and O–H groups in total. The van der Waals surface area contributed by atoms with E-state index in [0.717, 1.165) is 5.56 Å². The van der Waals surface area contributed by atoms with Gasteiger partial charge in [-0.2, -0.15) is 0 Å². The minimum Gasteiger partial charge on any atom is -0.455 e. The first-order chi connectivity index (χ1) is 25.1. The van der Waals surface area contributed by atoms with E-state index in [1.807, 2.05) is 105 Å². The number of aliphatic hydroxyl groups excluding tert-OH is 1. The van der Waals surface area contributed by atoms with Crippen LogP contribution in [0.2, 0.25) is 0 Å². The number of benzene rings is 2. The van der Waals surface area contributed by atoms with Gasteiger partial charge in [-0.15, -0.1) is 0 Å². The number of hydrogen-bond donors (Lipinski definition) is 1. The molecule has 2 fully saturated rings. The maximum Gasteiger partial charge on any atom is 0.313 e. The van der Waals surface area contributed by atoms with E-state index in [-0.39, 0.29) is 23.7 Å². The molecule has 4 aliphatic rings. The Morgan fingerprint density at radius 1 is 0.925 bits per heavy atom. The summed E-state index contributed by atoms with van der Waals surface area (Å²) in [5, 5.41) is 11.0. The molecule has 284 valence electrons. The zero-order chi connectivity index (χ0) is 38.3. The van der Waals surface area contributed by atoms with Gasteiger partial charge in [0.1, 0.15) is 23.7 Å². The number of aliphatic hydroxyl groups is 1. The highest BCUT2D eigenvalue weighted by Gasteiger charge is 2.73. The standard InChI is InChI=1S/C43H55N3O7/c1-28-36(30-19-12-9-13-20-30)52-40(51)34-32(21-14-15-22-33(48)44(28)7)53-43-23-16-24-45(42(5,6)27-41(2,3)4)39(50)37(43)46(38(49)35(34)43)31(26-47)25-29-17-10-8-11-18-29/h8-14,16-21,23,28,31-32,34-37,47H,15,22,24-27H2,1-7H3/b21-14-/t28-,31+,32-,34+,35+,36+,37-,43+/m0/s1. The predicted molar refractivity (Wildman–Crippen MR) is 201 cm³/mol. The average molecular weight is 726 g/mol. The number of amides is 3. The normalized spacial score (nSPS) is 30.8. The summed E-state index contributed by atoms with van der Waals surface area (Å²) in [7, 11) is 1.71. The SMILES string of the molecule is C[C@H]1[C@H](c2ccccc2)OC(=O)[C@@H]2[C@H](/C=C\CCC(=O)N1C)O[C@@]13C=CCN(C(C)(C)CC(C)(C)C)C(=O)[C@@H]1N([C@@H](CO)Cc1ccccc1)C(=O)[C@@H]23. The van der Waals surface area contributed by atoms with Crippen molar-refractivity contribution in [2.75, 3.05) is 20.2 Å². The van der Waals surface area contributed by atoms with Gasteiger partial charge in [0.2, 0.25) is 17.7 Å². The van der Waals surface area contributed by atoms with E-state index in [2.05, 4.69) is 20.8 Å². The Morgan fingerprint density at radius 3 is 2.23 bits per heavy atom. The second-order valence-corrected chi connectivity index (χ2v) is 17.0. The number of likely N-dealkylation sites (N-methyl/N-ethyl adjacent to an activating group) is 1. The molecule has 0 aliphatic carbocycles. The number of esters is 1. The van der Waals surface area contributed by atoms with E-state index < -0.39 is 71.8 Å². The van der Waals surface area contributed by atoms with Crippen molar-refractivity contribution in [2.45, 2.75) is 109 Å². The van der Waals surface area contributed by atoms with E-state index >= 15 is 9.59 Å². The Kier molecular flexibility index (Phi) is 10.8. The number of fused-ring (bicyclic) bond motifs is 2. The molecule has 2 saturated heterocycles. The van der Waals surface area contributed by atoms with Crippen molar-refractivity contribution >= 4 is 23.7 Å². The van der Waals surface area contributed by atoms with Crippen LogP contribution in [0.15, 0.2) is 85.0 Å². The van der Waals surface area contributed by atoms with E-state index in [4.69, 9.17) is 9.47 Å². The van der Waals surface area contributed by atoms with Crippen molar-refractivity contribution in [3.63, 3.8) is 0 Å². The maximum absolute atomic E-state index is 15.3. The fourth-order valence-electron chi connectivity index (χ4n) is 9.30. The van der Waals surface area contributed by atoms with Gasteiger partial charge in [-0.1, -0.05) is 106 Å². The fourth-order valence-corrected chi connectivity index (χ4v) is 9.30. The van der Waals surface area contributed by atoms with Gasteiger partial charge in [0, 0.05) is 25.6 Å². The van der Waals surface area contributed by atoms with Gasteiger partial charge in [0.05, 0.1) is 30.7 Å². The summed E-state index contributed by atoms with van der Waals surface area (Å²) in [5.41, 5.74) is -0.615. The monoisotopic (exact) mass is 725 g/mol. The van der Waals surface area contributed by atoms with Crippen molar-refractivity contribution in [3.05, 3.63) is 96.1 Å². The summed E-state index contributed by atoms with van der Waals surface area (Å²) in [5.74, 6) is -3.67. The molecule has 10 nitrogen and oxygen atoms in total. The molecular formula is C43H55N3O7. The maximum atomic E-state index is 15.3. The van der Waals surface area contributed by atoms with Gasteiger partial charge in [0.25, 0.3) is 0 Å². The Hall–Kier alpha value is -4.28. The fraction of sp³-hybridized carbons (Fsp3) is 0.535. The van der Waals surface area contributed by atoms with Gasteiger partial charge in [-0.25, -0.2) is 0 Å². The topological polar surface area (TPSA) is 117 Å². The molecule has 53 heavy (non-hydrogen) atoms. The first-order valence-electron chi connectivity index (χ1n) is 18.9. The number of likely N-dealkylation sites (tertiary alicyclic amines) is 1. The summed E-state index contributed by atoms with van der Waals surface area (Å²) in [4.78, 5) is 63.5. The van der Waals surface area contributed by atoms with Crippen molar-refractivity contribution in [1.29, 1.82) is 0 Å². The zero-order valence-electron chi connectivity index (χ0n) is 32.1. The largest absolute Gasteiger partial charge is 0.455 e. The quantitative estimate of drug-likeness (QED) is 0.306. The number of cyclic esters (lactones) is 1. The number of carbonyl (C=O) groups excluding carboxylic acids is 4. The molecule has 0 aromatic heterocycles. The van der Waals surface area contributed by atoms with Gasteiger partial charge in [-0.3, -0.25) is 19.2 Å². The van der Waals surface area contributed by atoms with Gasteiger partial charge >= 0.3 is 5.97 Å². The highest BCUT2D eigenvalue weighted by Crippen LogP contribution is 2.54. The molecule has 4 aliphatic heterocycles. The van der Waals surface area contributed by atoms with Crippen LogP contribution in [0.3, 0.4) is 0 Å². The van der Waals surface area contributed by atoms with Crippen molar-refractivity contribution in [2.24, 2.45) is 17.3 Å². The third-order valence-corrected chi connectivity index (χ3v) is 11.5. The molecule has 1 spiro atoms. The van der Waals surface area contributed by atoms with E-state index in [1.54, 1.807) is 18.0 Å². The smallest absolute Gasteiger partial charge is 0.313 e. The zero-order valence-corrected chi connectivity index (χ0v) is 32.1. The lowest BCUT2D eigenvalue weighted by atomic mass is 9.77. The first kappa shape index (κ1) is 38.4. The second kappa shape index (κ2) is 14.9. The lowest BCUT2D eigenvalue weighted by Crippen LogP contribution is -2.62. The molecule has 8 atom stereocenters. The predicted octanol–water partition coefficient (Wildman–Crippen LogP) is 5.27. The van der Waals surface area contributed by atoms with Crippen molar-refractivity contribution < 1.29 is 33.8 Å². The van der Waals surface area contributed by atoms with E-state index in [1.165, 1.54) is 4.90 Å². The molecule has 0 bridgehead atoms. The highest BCUT2D eigenvalue weighted by molar-refractivity contribution is 5.99. The molecule has 0 unspecified atom stereocenters. The Morgan fingerprint density at radius 2 is 1.58 bits per heavy atom. The molecule has 2 aromatic carbocycles. The molecule has 6 rings (SSSR count). The Bertz CT molecular complexity index is 1730. The van der Waals surface area contributed by atoms with Crippen LogP contribution < -0.4 is 0 Å². The van der Waals surface area contributed by atoms with Crippen LogP contribution in [0.5, 0.6) is 0 Å². The summed E-state index contributed by atoms with van der Waals surface area (Å²) in [6.07, 6.45) is 7.18. The van der Waals surface area contributed by atoms with Crippen molar-refractivity contribution in [3.8, 4) is 0 Å². The molecular weight excluding hydrogens is 670 g/mol. The number of ether oxygens (including phenoxy) is 2. The average Bonchev–Trinajstić information content (AvgIpc) is 3.50. The summed E-state index contributed by atoms with van der Waals surface area (Å²) < 4.78 is 13.4. The number of allylic oxidation sites excluding steroid dienone is 1. The second-order valence-electron chi connectivity index (χ2n) is 17.0. The Labute approximate surface area is 313 Å². The number of hydrogen-bond acceptors (Lipinski definition) is 7. The van der Waals surface area contributed by atoms with Gasteiger partial charge in [0.15, 0.2) is 0 Å². The Balaban J connectivity index is 1.48. The lowest BCUT2D eigenvalue weighted by molar-refractivity contribution is -0.165. The first-order valence-corrected chi connectivity index (χ1v) is 18.9. The number of carbonyl (C=O) groups is 4. The van der Waals surface area contributed by atoms with Crippen LogP contribution in [-0.2, 0) is 35.1 Å².